The van der Waals surface area contributed by atoms with Crippen LogP contribution < -0.4 is 10.0 Å². The first-order valence-corrected chi connectivity index (χ1v) is 11.4. The lowest BCUT2D eigenvalue weighted by Crippen LogP contribution is -2.31. The molecule has 2 unspecified atom stereocenters. The summed E-state index contributed by atoms with van der Waals surface area (Å²) in [5, 5.41) is 10.6. The molecule has 0 saturated heterocycles. The second-order valence-corrected chi connectivity index (χ2v) is 10.1. The monoisotopic (exact) mass is 447 g/mol. The number of thioether (sulfide) groups is 1. The van der Waals surface area contributed by atoms with Crippen molar-refractivity contribution in [1.29, 1.82) is 0 Å². The molecule has 0 radical (unpaired) electrons. The highest BCUT2D eigenvalue weighted by Gasteiger charge is 2.38. The highest BCUT2D eigenvalue weighted by molar-refractivity contribution is 8.23. The predicted octanol–water partition coefficient (Wildman–Crippen LogP) is 3.06. The fraction of sp³-hybridized carbons (Fsp3) is 0.211. The van der Waals surface area contributed by atoms with Gasteiger partial charge < -0.3 is 5.32 Å². The Hall–Kier alpha value is -2.92. The summed E-state index contributed by atoms with van der Waals surface area (Å²) in [7, 11) is -3.81. The van der Waals surface area contributed by atoms with Gasteiger partial charge in [0.25, 0.3) is 0 Å². The van der Waals surface area contributed by atoms with Crippen LogP contribution >= 0.6 is 11.8 Å². The molecule has 2 atom stereocenters. The SMILES string of the molecule is CC(=O)NC1=NC(C)C(S(=O)(=O)Nc2ccc3[nH]nc(-c4cccc(F)c4)c3c2)S1. The summed E-state index contributed by atoms with van der Waals surface area (Å²) >= 11 is 0.988. The average Bonchev–Trinajstić information content (AvgIpc) is 3.24. The number of fused-ring (bicyclic) bond motifs is 1. The lowest BCUT2D eigenvalue weighted by molar-refractivity contribution is -0.117. The van der Waals surface area contributed by atoms with Crippen LogP contribution in [-0.4, -0.2) is 40.3 Å². The van der Waals surface area contributed by atoms with Crippen LogP contribution in [0.1, 0.15) is 13.8 Å². The number of halogens is 1. The van der Waals surface area contributed by atoms with Crippen molar-refractivity contribution in [2.45, 2.75) is 24.5 Å². The van der Waals surface area contributed by atoms with Crippen molar-refractivity contribution in [2.75, 3.05) is 4.72 Å². The zero-order valence-corrected chi connectivity index (χ0v) is 17.6. The second-order valence-electron chi connectivity index (χ2n) is 6.83. The molecule has 3 aromatic rings. The van der Waals surface area contributed by atoms with Crippen LogP contribution in [0.2, 0.25) is 0 Å². The number of hydrogen-bond acceptors (Lipinski definition) is 6. The van der Waals surface area contributed by atoms with E-state index in [1.807, 2.05) is 0 Å². The van der Waals surface area contributed by atoms with Gasteiger partial charge in [-0.25, -0.2) is 12.8 Å². The summed E-state index contributed by atoms with van der Waals surface area (Å²) in [4.78, 5) is 15.4. The standard InChI is InChI=1S/C19H18FN5O3S2/c1-10-18(29-19(21-10)22-11(2)26)30(27,28)25-14-6-7-16-15(9-14)17(24-23-16)12-4-3-5-13(20)8-12/h3-10,18,25H,1-2H3,(H,23,24)(H,21,22,26). The smallest absolute Gasteiger partial charge is 0.247 e. The highest BCUT2D eigenvalue weighted by Crippen LogP contribution is 2.33. The number of carbonyl (C=O) groups is 1. The van der Waals surface area contributed by atoms with Gasteiger partial charge in [-0.05, 0) is 37.3 Å². The van der Waals surface area contributed by atoms with Crippen molar-refractivity contribution in [3.8, 4) is 11.3 Å². The van der Waals surface area contributed by atoms with E-state index in [4.69, 9.17) is 0 Å². The number of benzene rings is 2. The van der Waals surface area contributed by atoms with E-state index in [1.165, 1.54) is 19.1 Å². The van der Waals surface area contributed by atoms with Gasteiger partial charge in [-0.2, -0.15) is 5.10 Å². The van der Waals surface area contributed by atoms with E-state index in [9.17, 15) is 17.6 Å². The van der Waals surface area contributed by atoms with Crippen LogP contribution in [0.4, 0.5) is 10.1 Å². The summed E-state index contributed by atoms with van der Waals surface area (Å²) < 4.78 is 41.2. The van der Waals surface area contributed by atoms with Gasteiger partial charge in [-0.3, -0.25) is 19.6 Å². The quantitative estimate of drug-likeness (QED) is 0.568. The molecule has 1 aromatic heterocycles. The van der Waals surface area contributed by atoms with Crippen LogP contribution in [0.3, 0.4) is 0 Å². The molecule has 0 spiro atoms. The van der Waals surface area contributed by atoms with Crippen molar-refractivity contribution in [1.82, 2.24) is 15.5 Å². The molecule has 0 saturated carbocycles. The first-order chi connectivity index (χ1) is 14.2. The van der Waals surface area contributed by atoms with E-state index in [2.05, 4.69) is 25.2 Å². The normalized spacial score (nSPS) is 19.0. The third-order valence-corrected chi connectivity index (χ3v) is 8.08. The number of nitrogens with one attached hydrogen (secondary N) is 3. The number of H-pyrrole nitrogens is 1. The summed E-state index contributed by atoms with van der Waals surface area (Å²) in [6.45, 7) is 3.01. The maximum Gasteiger partial charge on any atom is 0.247 e. The Bertz CT molecular complexity index is 1270. The molecule has 1 aliphatic rings. The summed E-state index contributed by atoms with van der Waals surface area (Å²) in [6, 6.07) is 10.5. The Kier molecular flexibility index (Phi) is 5.24. The molecule has 0 fully saturated rings. The fourth-order valence-corrected chi connectivity index (χ4v) is 6.16. The maximum atomic E-state index is 13.6. The third-order valence-electron chi connectivity index (χ3n) is 4.45. The zero-order valence-electron chi connectivity index (χ0n) is 16.0. The van der Waals surface area contributed by atoms with Gasteiger partial charge in [-0.1, -0.05) is 23.9 Å². The summed E-state index contributed by atoms with van der Waals surface area (Å²) in [6.07, 6.45) is 0. The lowest BCUT2D eigenvalue weighted by Gasteiger charge is -2.16. The number of rotatable bonds is 4. The topological polar surface area (TPSA) is 116 Å². The molecule has 0 aliphatic carbocycles. The van der Waals surface area contributed by atoms with Crippen molar-refractivity contribution >= 4 is 49.5 Å². The van der Waals surface area contributed by atoms with E-state index in [0.29, 0.717) is 27.8 Å². The van der Waals surface area contributed by atoms with Gasteiger partial charge in [0, 0.05) is 23.6 Å². The number of nitrogens with zero attached hydrogens (tertiary/aromatic N) is 2. The number of amidine groups is 1. The van der Waals surface area contributed by atoms with Crippen LogP contribution in [-0.2, 0) is 14.8 Å². The number of carbonyl (C=O) groups excluding carboxylic acids is 1. The van der Waals surface area contributed by atoms with Crippen LogP contribution in [0.15, 0.2) is 47.5 Å². The average molecular weight is 448 g/mol. The number of anilines is 1. The molecule has 11 heteroatoms. The van der Waals surface area contributed by atoms with E-state index in [1.54, 1.807) is 37.3 Å². The number of hydrogen-bond donors (Lipinski definition) is 3. The van der Waals surface area contributed by atoms with Crippen molar-refractivity contribution in [3.63, 3.8) is 0 Å². The Balaban J connectivity index is 1.61. The van der Waals surface area contributed by atoms with E-state index in [-0.39, 0.29) is 16.9 Å². The van der Waals surface area contributed by atoms with Crippen LogP contribution in [0.25, 0.3) is 22.2 Å². The van der Waals surface area contributed by atoms with Crippen molar-refractivity contribution < 1.29 is 17.6 Å². The van der Waals surface area contributed by atoms with Gasteiger partial charge in [0.2, 0.25) is 15.9 Å². The van der Waals surface area contributed by atoms with E-state index >= 15 is 0 Å². The van der Waals surface area contributed by atoms with Gasteiger partial charge in [-0.15, -0.1) is 0 Å². The fourth-order valence-electron chi connectivity index (χ4n) is 3.18. The van der Waals surface area contributed by atoms with Crippen LogP contribution in [0, 0.1) is 5.82 Å². The van der Waals surface area contributed by atoms with E-state index in [0.717, 1.165) is 11.8 Å². The highest BCUT2D eigenvalue weighted by atomic mass is 32.3. The zero-order chi connectivity index (χ0) is 21.5. The molecule has 1 amide bonds. The minimum atomic E-state index is -3.81. The molecule has 0 bridgehead atoms. The lowest BCUT2D eigenvalue weighted by atomic mass is 10.1. The second kappa shape index (κ2) is 7.73. The van der Waals surface area contributed by atoms with Gasteiger partial charge in [0.15, 0.2) is 9.75 Å². The molecule has 1 aliphatic heterocycles. The Morgan fingerprint density at radius 2 is 2.03 bits per heavy atom. The molecule has 2 heterocycles. The summed E-state index contributed by atoms with van der Waals surface area (Å²) in [5.74, 6) is -0.697. The Labute approximate surface area is 176 Å². The number of aromatic amines is 1. The molecular formula is C19H18FN5O3S2. The minimum Gasteiger partial charge on any atom is -0.306 e. The molecule has 156 valence electrons. The number of aromatic nitrogens is 2. The first-order valence-electron chi connectivity index (χ1n) is 9.01. The molecule has 30 heavy (non-hydrogen) atoms. The minimum absolute atomic E-state index is 0.282. The van der Waals surface area contributed by atoms with Crippen molar-refractivity contribution in [2.24, 2.45) is 4.99 Å². The van der Waals surface area contributed by atoms with Crippen LogP contribution in [0.5, 0.6) is 0 Å². The Morgan fingerprint density at radius 3 is 2.77 bits per heavy atom. The molecule has 2 aromatic carbocycles. The predicted molar refractivity (Wildman–Crippen MR) is 116 cm³/mol. The van der Waals surface area contributed by atoms with E-state index < -0.39 is 20.6 Å². The first kappa shape index (κ1) is 20.4. The molecule has 8 nitrogen and oxygen atoms in total. The molecular weight excluding hydrogens is 429 g/mol. The van der Waals surface area contributed by atoms with Crippen molar-refractivity contribution in [3.05, 3.63) is 48.3 Å². The number of amides is 1. The molecule has 3 N–H and O–H groups in total. The van der Waals surface area contributed by atoms with Gasteiger partial charge >= 0.3 is 0 Å². The van der Waals surface area contributed by atoms with Gasteiger partial charge in [0.1, 0.15) is 11.5 Å². The maximum absolute atomic E-state index is 13.6. The number of aliphatic imine (C=N–C) groups is 1. The third kappa shape index (κ3) is 4.03. The number of sulfonamides is 1. The van der Waals surface area contributed by atoms with Gasteiger partial charge in [0.05, 0.1) is 11.6 Å². The summed E-state index contributed by atoms with van der Waals surface area (Å²) in [5.41, 5.74) is 2.14. The largest absolute Gasteiger partial charge is 0.306 e. The Morgan fingerprint density at radius 1 is 1.23 bits per heavy atom. The molecule has 4 rings (SSSR count).